The van der Waals surface area contributed by atoms with E-state index in [0.717, 1.165) is 5.56 Å². The molecular weight excluding hydrogens is 224 g/mol. The number of carbonyl (C=O) groups excluding carboxylic acids is 1. The number of aromatic nitrogens is 2. The maximum Gasteiger partial charge on any atom is 0.230 e. The van der Waals surface area contributed by atoms with Crippen molar-refractivity contribution in [3.05, 3.63) is 58.6 Å². The van der Waals surface area contributed by atoms with E-state index in [-0.39, 0.29) is 11.6 Å². The van der Waals surface area contributed by atoms with Crippen LogP contribution in [0.25, 0.3) is 0 Å². The third-order valence-electron chi connectivity index (χ3n) is 2.09. The van der Waals surface area contributed by atoms with Crippen LogP contribution in [0, 0.1) is 6.92 Å². The summed E-state index contributed by atoms with van der Waals surface area (Å²) >= 11 is 5.74. The zero-order chi connectivity index (χ0) is 11.5. The van der Waals surface area contributed by atoms with Gasteiger partial charge in [0, 0.05) is 23.0 Å². The summed E-state index contributed by atoms with van der Waals surface area (Å²) in [6.45, 7) is 1.87. The van der Waals surface area contributed by atoms with Gasteiger partial charge in [-0.1, -0.05) is 11.6 Å². The number of carbonyl (C=O) groups is 1. The Labute approximate surface area is 98.1 Å². The van der Waals surface area contributed by atoms with Crippen LogP contribution in [0.3, 0.4) is 0 Å². The van der Waals surface area contributed by atoms with Crippen molar-refractivity contribution in [2.45, 2.75) is 6.92 Å². The Morgan fingerprint density at radius 1 is 1.12 bits per heavy atom. The second-order valence-corrected chi connectivity index (χ2v) is 3.86. The van der Waals surface area contributed by atoms with Gasteiger partial charge in [0.1, 0.15) is 0 Å². The summed E-state index contributed by atoms with van der Waals surface area (Å²) in [6.07, 6.45) is 3.24. The number of hydrogen-bond acceptors (Lipinski definition) is 3. The second-order valence-electron chi connectivity index (χ2n) is 3.42. The van der Waals surface area contributed by atoms with Crippen molar-refractivity contribution < 1.29 is 4.79 Å². The third-order valence-corrected chi connectivity index (χ3v) is 2.34. The zero-order valence-corrected chi connectivity index (χ0v) is 9.40. The highest BCUT2D eigenvalue weighted by atomic mass is 35.5. The molecule has 0 unspecified atom stereocenters. The number of ketones is 1. The first-order valence-electron chi connectivity index (χ1n) is 4.76. The van der Waals surface area contributed by atoms with Crippen molar-refractivity contribution in [2.24, 2.45) is 0 Å². The molecule has 0 aliphatic carbocycles. The van der Waals surface area contributed by atoms with E-state index in [9.17, 15) is 4.79 Å². The van der Waals surface area contributed by atoms with Crippen LogP contribution in [0.15, 0.2) is 36.7 Å². The Morgan fingerprint density at radius 3 is 2.25 bits per heavy atom. The molecule has 1 aromatic carbocycles. The lowest BCUT2D eigenvalue weighted by Gasteiger charge is -1.99. The monoisotopic (exact) mass is 232 g/mol. The van der Waals surface area contributed by atoms with Crippen molar-refractivity contribution in [2.75, 3.05) is 0 Å². The summed E-state index contributed by atoms with van der Waals surface area (Å²) in [6, 6.07) is 6.66. The molecule has 4 heteroatoms. The van der Waals surface area contributed by atoms with Crippen LogP contribution in [0.4, 0.5) is 0 Å². The van der Waals surface area contributed by atoms with Crippen LogP contribution >= 0.6 is 11.6 Å². The van der Waals surface area contributed by atoms with E-state index in [4.69, 9.17) is 11.6 Å². The van der Waals surface area contributed by atoms with Crippen molar-refractivity contribution in [1.82, 2.24) is 9.97 Å². The second kappa shape index (κ2) is 4.41. The Morgan fingerprint density at radius 2 is 1.69 bits per heavy atom. The minimum atomic E-state index is -0.198. The lowest BCUT2D eigenvalue weighted by atomic mass is 10.1. The maximum absolute atomic E-state index is 11.9. The SMILES string of the molecule is Cc1cnc(C(=O)c2ccc(Cl)cc2)nc1. The van der Waals surface area contributed by atoms with Crippen LogP contribution in [-0.4, -0.2) is 15.8 Å². The van der Waals surface area contributed by atoms with Crippen LogP contribution in [0.1, 0.15) is 21.7 Å². The van der Waals surface area contributed by atoms with Gasteiger partial charge >= 0.3 is 0 Å². The van der Waals surface area contributed by atoms with Gasteiger partial charge in [0.2, 0.25) is 11.6 Å². The van der Waals surface area contributed by atoms with Gasteiger partial charge in [-0.25, -0.2) is 9.97 Å². The molecule has 1 heterocycles. The Kier molecular flexibility index (Phi) is 2.97. The average molecular weight is 233 g/mol. The van der Waals surface area contributed by atoms with Gasteiger partial charge in [-0.05, 0) is 36.8 Å². The minimum absolute atomic E-state index is 0.198. The summed E-state index contributed by atoms with van der Waals surface area (Å²) < 4.78 is 0. The Balaban J connectivity index is 2.32. The van der Waals surface area contributed by atoms with E-state index in [2.05, 4.69) is 9.97 Å². The van der Waals surface area contributed by atoms with E-state index < -0.39 is 0 Å². The fraction of sp³-hybridized carbons (Fsp3) is 0.0833. The van der Waals surface area contributed by atoms with Crippen molar-refractivity contribution in [3.8, 4) is 0 Å². The lowest BCUT2D eigenvalue weighted by molar-refractivity contribution is 0.102. The van der Waals surface area contributed by atoms with Gasteiger partial charge in [0.05, 0.1) is 0 Å². The van der Waals surface area contributed by atoms with Crippen LogP contribution in [0.2, 0.25) is 5.02 Å². The summed E-state index contributed by atoms with van der Waals surface area (Å²) in [5.41, 5.74) is 1.46. The van der Waals surface area contributed by atoms with Crippen molar-refractivity contribution in [3.63, 3.8) is 0 Å². The molecule has 0 atom stereocenters. The average Bonchev–Trinajstić information content (AvgIpc) is 2.30. The van der Waals surface area contributed by atoms with E-state index >= 15 is 0 Å². The van der Waals surface area contributed by atoms with Crippen molar-refractivity contribution >= 4 is 17.4 Å². The molecule has 0 saturated carbocycles. The molecule has 0 saturated heterocycles. The van der Waals surface area contributed by atoms with Crippen molar-refractivity contribution in [1.29, 1.82) is 0 Å². The van der Waals surface area contributed by atoms with E-state index in [0.29, 0.717) is 10.6 Å². The molecule has 0 spiro atoms. The molecule has 2 aromatic rings. The molecule has 0 aliphatic rings. The van der Waals surface area contributed by atoms with Crippen LogP contribution in [0.5, 0.6) is 0 Å². The Bertz CT molecular complexity index is 458. The van der Waals surface area contributed by atoms with Gasteiger partial charge in [0.15, 0.2) is 0 Å². The van der Waals surface area contributed by atoms with E-state index in [1.165, 1.54) is 0 Å². The topological polar surface area (TPSA) is 42.9 Å². The summed E-state index contributed by atoms with van der Waals surface area (Å²) in [5.74, 6) is 0.00425. The quantitative estimate of drug-likeness (QED) is 0.748. The molecule has 0 bridgehead atoms. The highest BCUT2D eigenvalue weighted by Crippen LogP contribution is 2.11. The highest BCUT2D eigenvalue weighted by Gasteiger charge is 2.11. The summed E-state index contributed by atoms with van der Waals surface area (Å²) in [5, 5.41) is 0.598. The van der Waals surface area contributed by atoms with E-state index in [1.54, 1.807) is 36.7 Å². The van der Waals surface area contributed by atoms with Gasteiger partial charge in [0.25, 0.3) is 0 Å². The number of hydrogen-bond donors (Lipinski definition) is 0. The first-order chi connectivity index (χ1) is 7.66. The molecule has 80 valence electrons. The number of nitrogens with zero attached hydrogens (tertiary/aromatic N) is 2. The maximum atomic E-state index is 11.9. The number of aryl methyl sites for hydroxylation is 1. The predicted octanol–water partition coefficient (Wildman–Crippen LogP) is 2.67. The number of halogens is 1. The molecule has 0 N–H and O–H groups in total. The molecular formula is C12H9ClN2O. The zero-order valence-electron chi connectivity index (χ0n) is 8.64. The third kappa shape index (κ3) is 2.25. The largest absolute Gasteiger partial charge is 0.285 e. The molecule has 3 nitrogen and oxygen atoms in total. The van der Waals surface area contributed by atoms with Gasteiger partial charge in [-0.15, -0.1) is 0 Å². The molecule has 0 radical (unpaired) electrons. The smallest absolute Gasteiger partial charge is 0.230 e. The number of benzene rings is 1. The van der Waals surface area contributed by atoms with Gasteiger partial charge in [-0.2, -0.15) is 0 Å². The predicted molar refractivity (Wildman–Crippen MR) is 61.7 cm³/mol. The molecule has 16 heavy (non-hydrogen) atoms. The highest BCUT2D eigenvalue weighted by molar-refractivity contribution is 6.30. The Hall–Kier alpha value is -1.74. The molecule has 1 aromatic heterocycles. The summed E-state index contributed by atoms with van der Waals surface area (Å²) in [7, 11) is 0. The van der Waals surface area contributed by atoms with Gasteiger partial charge < -0.3 is 0 Å². The van der Waals surface area contributed by atoms with Crippen LogP contribution < -0.4 is 0 Å². The first kappa shape index (κ1) is 10.8. The minimum Gasteiger partial charge on any atom is -0.285 e. The summed E-state index contributed by atoms with van der Waals surface area (Å²) in [4.78, 5) is 19.9. The molecule has 0 fully saturated rings. The fourth-order valence-corrected chi connectivity index (χ4v) is 1.37. The molecule has 0 amide bonds. The van der Waals surface area contributed by atoms with Crippen LogP contribution in [-0.2, 0) is 0 Å². The normalized spacial score (nSPS) is 10.1. The van der Waals surface area contributed by atoms with E-state index in [1.807, 2.05) is 6.92 Å². The standard InChI is InChI=1S/C12H9ClN2O/c1-8-6-14-12(15-7-8)11(16)9-2-4-10(13)5-3-9/h2-7H,1H3. The number of rotatable bonds is 2. The lowest BCUT2D eigenvalue weighted by Crippen LogP contribution is -2.06. The molecule has 2 rings (SSSR count). The fourth-order valence-electron chi connectivity index (χ4n) is 1.24. The first-order valence-corrected chi connectivity index (χ1v) is 5.13. The van der Waals surface area contributed by atoms with Gasteiger partial charge in [-0.3, -0.25) is 4.79 Å². The molecule has 0 aliphatic heterocycles.